The number of carbonyl (C=O) groups excluding carboxylic acids is 2. The topological polar surface area (TPSA) is 58.3 Å². The molecule has 0 aromatic heterocycles. The van der Waals surface area contributed by atoms with Crippen LogP contribution in [0.2, 0.25) is 0 Å². The van der Waals surface area contributed by atoms with Gasteiger partial charge >= 0.3 is 0 Å². The molecule has 1 aliphatic heterocycles. The number of benzene rings is 1. The van der Waals surface area contributed by atoms with Crippen molar-refractivity contribution in [1.82, 2.24) is 10.2 Å². The Hall–Kier alpha value is -2.18. The molecular weight excluding hydrogens is 352 g/mol. The zero-order valence-electron chi connectivity index (χ0n) is 17.8. The summed E-state index contributed by atoms with van der Waals surface area (Å²) in [7, 11) is 1.71. The van der Waals surface area contributed by atoms with Crippen LogP contribution < -0.4 is 15.1 Å². The van der Waals surface area contributed by atoms with Gasteiger partial charge in [0.1, 0.15) is 26.2 Å². The molecule has 3 N–H and O–H groups in total. The molecule has 0 aliphatic carbocycles. The van der Waals surface area contributed by atoms with Crippen LogP contribution >= 0.6 is 0 Å². The van der Waals surface area contributed by atoms with E-state index in [1.54, 1.807) is 11.9 Å². The average molecular weight is 389 g/mol. The zero-order chi connectivity index (χ0) is 20.6. The average Bonchev–Trinajstić information content (AvgIpc) is 2.62. The van der Waals surface area contributed by atoms with Crippen molar-refractivity contribution in [2.45, 2.75) is 26.3 Å². The molecule has 0 radical (unpaired) electrons. The molecule has 0 saturated carbocycles. The molecule has 0 atom stereocenters. The highest BCUT2D eigenvalue weighted by Crippen LogP contribution is 2.00. The van der Waals surface area contributed by atoms with Crippen LogP contribution in [0.1, 0.15) is 26.3 Å². The lowest BCUT2D eigenvalue weighted by molar-refractivity contribution is -1.01. The van der Waals surface area contributed by atoms with E-state index in [4.69, 9.17) is 0 Å². The summed E-state index contributed by atoms with van der Waals surface area (Å²) in [5.41, 5.74) is 0.954. The van der Waals surface area contributed by atoms with E-state index in [2.05, 4.69) is 41.7 Å². The Balaban J connectivity index is 1.68. The monoisotopic (exact) mass is 388 g/mol. The fourth-order valence-corrected chi connectivity index (χ4v) is 3.37. The van der Waals surface area contributed by atoms with Crippen molar-refractivity contribution in [3.8, 4) is 0 Å². The first-order chi connectivity index (χ1) is 13.2. The van der Waals surface area contributed by atoms with E-state index in [0.29, 0.717) is 6.54 Å². The number of amides is 2. The second-order valence-electron chi connectivity index (χ2n) is 8.74. The number of hydrogen-bond donors (Lipinski definition) is 3. The number of hydrogen-bond acceptors (Lipinski definition) is 2. The largest absolute Gasteiger partial charge is 0.350 e. The summed E-state index contributed by atoms with van der Waals surface area (Å²) in [6.45, 7) is 11.5. The van der Waals surface area contributed by atoms with Gasteiger partial charge in [0.15, 0.2) is 6.54 Å². The van der Waals surface area contributed by atoms with Crippen molar-refractivity contribution in [2.75, 3.05) is 52.9 Å². The Labute approximate surface area is 169 Å². The first kappa shape index (κ1) is 22.1. The fraction of sp³-hybridized carbons (Fsp3) is 0.545. The molecule has 1 saturated heterocycles. The molecule has 6 heteroatoms. The van der Waals surface area contributed by atoms with Crippen molar-refractivity contribution in [2.24, 2.45) is 0 Å². The number of rotatable bonds is 7. The number of nitrogens with zero attached hydrogens (tertiary/aromatic N) is 1. The highest BCUT2D eigenvalue weighted by Gasteiger charge is 2.26. The van der Waals surface area contributed by atoms with Gasteiger partial charge in [-0.25, -0.2) is 0 Å². The van der Waals surface area contributed by atoms with Gasteiger partial charge < -0.3 is 20.0 Å². The maximum atomic E-state index is 12.4. The lowest BCUT2D eigenvalue weighted by atomic mass is 10.1. The van der Waals surface area contributed by atoms with Crippen molar-refractivity contribution in [3.05, 3.63) is 42.0 Å². The number of piperazine rings is 1. The molecule has 2 rings (SSSR count). The van der Waals surface area contributed by atoms with Crippen LogP contribution in [0.3, 0.4) is 0 Å². The van der Waals surface area contributed by atoms with E-state index in [-0.39, 0.29) is 23.9 Å². The number of carbonyl (C=O) groups is 2. The predicted molar refractivity (Wildman–Crippen MR) is 112 cm³/mol. The Morgan fingerprint density at radius 3 is 2.29 bits per heavy atom. The Morgan fingerprint density at radius 1 is 1.07 bits per heavy atom. The minimum atomic E-state index is -0.277. The van der Waals surface area contributed by atoms with Crippen LogP contribution in [0.15, 0.2) is 36.4 Å². The van der Waals surface area contributed by atoms with Crippen LogP contribution in [0.5, 0.6) is 0 Å². The van der Waals surface area contributed by atoms with E-state index in [1.807, 2.05) is 26.8 Å². The first-order valence-corrected chi connectivity index (χ1v) is 10.2. The fourth-order valence-electron chi connectivity index (χ4n) is 3.37. The zero-order valence-corrected chi connectivity index (χ0v) is 17.8. The minimum Gasteiger partial charge on any atom is -0.350 e. The van der Waals surface area contributed by atoms with E-state index >= 15 is 0 Å². The molecule has 28 heavy (non-hydrogen) atoms. The van der Waals surface area contributed by atoms with Crippen LogP contribution in [0.25, 0.3) is 6.08 Å². The molecule has 6 nitrogen and oxygen atoms in total. The van der Waals surface area contributed by atoms with Crippen molar-refractivity contribution >= 4 is 17.9 Å². The quantitative estimate of drug-likeness (QED) is 0.553. The van der Waals surface area contributed by atoms with Crippen molar-refractivity contribution < 1.29 is 19.4 Å². The molecule has 2 amide bonds. The Kier molecular flexibility index (Phi) is 8.20. The maximum Gasteiger partial charge on any atom is 0.277 e. The summed E-state index contributed by atoms with van der Waals surface area (Å²) in [4.78, 5) is 28.8. The summed E-state index contributed by atoms with van der Waals surface area (Å²) < 4.78 is 0. The van der Waals surface area contributed by atoms with E-state index in [1.165, 1.54) is 15.4 Å². The van der Waals surface area contributed by atoms with Gasteiger partial charge in [-0.05, 0) is 32.4 Å². The normalized spacial score (nSPS) is 20.1. The smallest absolute Gasteiger partial charge is 0.277 e. The number of quaternary nitrogens is 2. The third-order valence-electron chi connectivity index (χ3n) is 4.90. The van der Waals surface area contributed by atoms with Gasteiger partial charge in [-0.15, -0.1) is 0 Å². The van der Waals surface area contributed by atoms with Gasteiger partial charge in [-0.3, -0.25) is 9.59 Å². The predicted octanol–water partition coefficient (Wildman–Crippen LogP) is -1.14. The van der Waals surface area contributed by atoms with Gasteiger partial charge in [-0.1, -0.05) is 36.4 Å². The second kappa shape index (κ2) is 10.4. The molecule has 0 spiro atoms. The van der Waals surface area contributed by atoms with Gasteiger partial charge in [0.2, 0.25) is 5.91 Å². The molecule has 1 aromatic rings. The minimum absolute atomic E-state index is 0.0338. The second-order valence-corrected chi connectivity index (χ2v) is 8.74. The van der Waals surface area contributed by atoms with Crippen molar-refractivity contribution in [3.63, 3.8) is 0 Å². The molecule has 1 aliphatic rings. The van der Waals surface area contributed by atoms with Gasteiger partial charge in [0.25, 0.3) is 5.91 Å². The third-order valence-corrected chi connectivity index (χ3v) is 4.90. The Bertz CT molecular complexity index is 659. The van der Waals surface area contributed by atoms with Crippen LogP contribution in [0, 0.1) is 0 Å². The molecule has 1 heterocycles. The number of nitrogens with one attached hydrogen (secondary N) is 3. The molecule has 1 aromatic carbocycles. The number of likely N-dealkylation sites (N-methyl/N-ethyl adjacent to an activating group) is 1. The summed E-state index contributed by atoms with van der Waals surface area (Å²) >= 11 is 0. The molecular formula is C22H36N4O2+2. The van der Waals surface area contributed by atoms with E-state index < -0.39 is 0 Å². The SMILES string of the molecule is CN(CC(=O)NC(C)(C)C)C(=O)C[NH+]1CC[NH+](C/C=C/c2ccccc2)CC1. The molecule has 1 fully saturated rings. The molecule has 154 valence electrons. The first-order valence-electron chi connectivity index (χ1n) is 10.2. The Morgan fingerprint density at radius 2 is 1.68 bits per heavy atom. The van der Waals surface area contributed by atoms with Crippen LogP contribution in [0.4, 0.5) is 0 Å². The van der Waals surface area contributed by atoms with Crippen molar-refractivity contribution in [1.29, 1.82) is 0 Å². The van der Waals surface area contributed by atoms with E-state index in [9.17, 15) is 9.59 Å². The summed E-state index contributed by atoms with van der Waals surface area (Å²) in [6, 6.07) is 10.3. The summed E-state index contributed by atoms with van der Waals surface area (Å²) in [6.07, 6.45) is 4.41. The third kappa shape index (κ3) is 8.23. The van der Waals surface area contributed by atoms with Crippen LogP contribution in [-0.2, 0) is 9.59 Å². The van der Waals surface area contributed by atoms with Crippen LogP contribution in [-0.4, -0.2) is 75.1 Å². The van der Waals surface area contributed by atoms with Gasteiger partial charge in [0.05, 0.1) is 13.1 Å². The lowest BCUT2D eigenvalue weighted by Gasteiger charge is -2.30. The maximum absolute atomic E-state index is 12.4. The molecule has 0 bridgehead atoms. The summed E-state index contributed by atoms with van der Waals surface area (Å²) in [5, 5.41) is 2.90. The molecule has 0 unspecified atom stereocenters. The standard InChI is InChI=1S/C22H34N4O2/c1-22(2,3)23-20(27)17-24(4)21(28)18-26-15-13-25(14-16-26)12-8-11-19-9-6-5-7-10-19/h5-11H,12-18H2,1-4H3,(H,23,27)/p+2/b11-8+. The highest BCUT2D eigenvalue weighted by molar-refractivity contribution is 5.85. The summed E-state index contributed by atoms with van der Waals surface area (Å²) in [5.74, 6) is -0.0794. The van der Waals surface area contributed by atoms with E-state index in [0.717, 1.165) is 32.7 Å². The lowest BCUT2D eigenvalue weighted by Crippen LogP contribution is -3.28. The van der Waals surface area contributed by atoms with Gasteiger partial charge in [0, 0.05) is 12.6 Å². The highest BCUT2D eigenvalue weighted by atomic mass is 16.2. The van der Waals surface area contributed by atoms with Gasteiger partial charge in [-0.2, -0.15) is 0 Å².